The molecule has 4 aromatic rings. The minimum atomic E-state index is -0.618. The lowest BCUT2D eigenvalue weighted by molar-refractivity contribution is 0.0900. The summed E-state index contributed by atoms with van der Waals surface area (Å²) in [7, 11) is 0. The van der Waals surface area contributed by atoms with Crippen molar-refractivity contribution in [3.8, 4) is 11.1 Å². The summed E-state index contributed by atoms with van der Waals surface area (Å²) in [5.74, 6) is -0.866. The normalized spacial score (nSPS) is 14.6. The molecule has 0 unspecified atom stereocenters. The SMILES string of the molecule is CCC=CCC=CCC=CCC=CCC=CCC=CCCC(=O)n1c(=O)oc2c(N3CCN(Cc4cccc(-c5ccccc5)c4)CC3)cccc21. The highest BCUT2D eigenvalue weighted by molar-refractivity contribution is 5.94. The second kappa shape index (κ2) is 21.2. The maximum absolute atomic E-state index is 13.2. The third-order valence-corrected chi connectivity index (χ3v) is 9.11. The van der Waals surface area contributed by atoms with Crippen LogP contribution in [0.3, 0.4) is 0 Å². The minimum absolute atomic E-state index is 0.241. The molecule has 3 aromatic carbocycles. The molecule has 0 aliphatic carbocycles. The molecule has 0 radical (unpaired) electrons. The molecule has 270 valence electrons. The maximum Gasteiger partial charge on any atom is 0.426 e. The number of allylic oxidation sites excluding steroid dienone is 12. The fourth-order valence-corrected chi connectivity index (χ4v) is 6.35. The number of para-hydroxylation sites is 1. The van der Waals surface area contributed by atoms with Crippen molar-refractivity contribution in [3.05, 3.63) is 162 Å². The van der Waals surface area contributed by atoms with Gasteiger partial charge in [-0.2, -0.15) is 0 Å². The third kappa shape index (κ3) is 11.7. The Balaban J connectivity index is 1.03. The predicted octanol–water partition coefficient (Wildman–Crippen LogP) is 10.7. The van der Waals surface area contributed by atoms with Crippen LogP contribution in [0.25, 0.3) is 22.2 Å². The number of nitrogens with zero attached hydrogens (tertiary/aromatic N) is 3. The van der Waals surface area contributed by atoms with Gasteiger partial charge < -0.3 is 9.32 Å². The van der Waals surface area contributed by atoms with Crippen molar-refractivity contribution < 1.29 is 9.21 Å². The minimum Gasteiger partial charge on any atom is -0.405 e. The van der Waals surface area contributed by atoms with E-state index in [9.17, 15) is 9.59 Å². The van der Waals surface area contributed by atoms with Crippen molar-refractivity contribution in [1.82, 2.24) is 9.47 Å². The average Bonchev–Trinajstić information content (AvgIpc) is 3.52. The number of aromatic nitrogens is 1. The lowest BCUT2D eigenvalue weighted by Gasteiger charge is -2.36. The number of rotatable bonds is 18. The monoisotopic (exact) mass is 695 g/mol. The van der Waals surface area contributed by atoms with E-state index in [1.165, 1.54) is 21.3 Å². The Morgan fingerprint density at radius 3 is 1.87 bits per heavy atom. The lowest BCUT2D eigenvalue weighted by Crippen LogP contribution is -2.46. The van der Waals surface area contributed by atoms with Gasteiger partial charge in [0.15, 0.2) is 5.58 Å². The van der Waals surface area contributed by atoms with E-state index in [1.807, 2.05) is 24.3 Å². The molecule has 6 nitrogen and oxygen atoms in total. The molecule has 1 fully saturated rings. The first-order chi connectivity index (χ1) is 25.6. The van der Waals surface area contributed by atoms with Gasteiger partial charge in [-0.1, -0.05) is 134 Å². The van der Waals surface area contributed by atoms with Crippen molar-refractivity contribution in [2.75, 3.05) is 31.1 Å². The molecule has 0 spiro atoms. The zero-order valence-corrected chi connectivity index (χ0v) is 30.6. The molecule has 0 saturated carbocycles. The molecule has 0 atom stereocenters. The van der Waals surface area contributed by atoms with Crippen LogP contribution in [0.1, 0.15) is 68.6 Å². The van der Waals surface area contributed by atoms with Crippen LogP contribution in [0.5, 0.6) is 0 Å². The Hall–Kier alpha value is -5.20. The van der Waals surface area contributed by atoms with Gasteiger partial charge in [0.2, 0.25) is 5.91 Å². The summed E-state index contributed by atoms with van der Waals surface area (Å²) < 4.78 is 6.92. The van der Waals surface area contributed by atoms with E-state index in [4.69, 9.17) is 4.42 Å². The van der Waals surface area contributed by atoms with Gasteiger partial charge in [-0.15, -0.1) is 0 Å². The van der Waals surface area contributed by atoms with Crippen LogP contribution in [0.4, 0.5) is 5.69 Å². The van der Waals surface area contributed by atoms with Gasteiger partial charge in [-0.3, -0.25) is 9.69 Å². The highest BCUT2D eigenvalue weighted by atomic mass is 16.4. The van der Waals surface area contributed by atoms with Gasteiger partial charge in [0.05, 0.1) is 5.69 Å². The first-order valence-corrected chi connectivity index (χ1v) is 18.8. The van der Waals surface area contributed by atoms with E-state index in [0.717, 1.165) is 76.9 Å². The van der Waals surface area contributed by atoms with Crippen molar-refractivity contribution in [2.45, 2.75) is 64.8 Å². The Kier molecular flexibility index (Phi) is 15.5. The highest BCUT2D eigenvalue weighted by Crippen LogP contribution is 2.28. The molecule has 0 amide bonds. The average molecular weight is 696 g/mol. The van der Waals surface area contributed by atoms with E-state index in [2.05, 4.69) is 132 Å². The standard InChI is InChI=1S/C46H53N3O3/c1-2-3-4-5-6-7-8-9-10-11-12-13-14-15-16-17-18-19-23-32-44(50)49-43-31-25-30-42(45(43)52-46(49)51)48-35-33-47(34-36-48)38-39-26-24-29-41(37-39)40-27-21-20-22-28-40/h3-4,6-7,9-10,12-13,15-16,18-22,24-31,37H,2,5,8,11,14,17,23,32-36,38H2,1H3. The number of fused-ring (bicyclic) bond motifs is 1. The summed E-state index contributed by atoms with van der Waals surface area (Å²) in [5.41, 5.74) is 5.64. The number of benzene rings is 3. The van der Waals surface area contributed by atoms with Gasteiger partial charge in [-0.25, -0.2) is 9.36 Å². The fraction of sp³-hybridized carbons (Fsp3) is 0.304. The topological polar surface area (TPSA) is 58.7 Å². The van der Waals surface area contributed by atoms with Crippen molar-refractivity contribution >= 4 is 22.7 Å². The summed E-state index contributed by atoms with van der Waals surface area (Å²) in [6.07, 6.45) is 32.5. The first-order valence-electron chi connectivity index (χ1n) is 18.8. The number of oxazole rings is 1. The quantitative estimate of drug-likeness (QED) is 0.0970. The van der Waals surface area contributed by atoms with E-state index in [0.29, 0.717) is 17.5 Å². The van der Waals surface area contributed by atoms with Gasteiger partial charge in [0, 0.05) is 39.1 Å². The molecule has 6 heteroatoms. The summed E-state index contributed by atoms with van der Waals surface area (Å²) in [6, 6.07) is 24.9. The molecule has 5 rings (SSSR count). The van der Waals surface area contributed by atoms with Crippen LogP contribution < -0.4 is 10.7 Å². The highest BCUT2D eigenvalue weighted by Gasteiger charge is 2.23. The van der Waals surface area contributed by atoms with Crippen LogP contribution in [-0.2, 0) is 6.54 Å². The van der Waals surface area contributed by atoms with Crippen LogP contribution in [0.2, 0.25) is 0 Å². The van der Waals surface area contributed by atoms with E-state index in [1.54, 1.807) is 6.07 Å². The predicted molar refractivity (Wildman–Crippen MR) is 218 cm³/mol. The Bertz CT molecular complexity index is 1930. The number of hydrogen-bond donors (Lipinski definition) is 0. The van der Waals surface area contributed by atoms with Gasteiger partial charge in [-0.05, 0) is 79.8 Å². The second-order valence-corrected chi connectivity index (χ2v) is 13.0. The van der Waals surface area contributed by atoms with Crippen LogP contribution in [0, 0.1) is 0 Å². The maximum atomic E-state index is 13.2. The summed E-state index contributed by atoms with van der Waals surface area (Å²) in [6.45, 7) is 6.43. The van der Waals surface area contributed by atoms with Crippen molar-refractivity contribution in [2.24, 2.45) is 0 Å². The largest absolute Gasteiger partial charge is 0.426 e. The number of carbonyl (C=O) groups is 1. The summed E-state index contributed by atoms with van der Waals surface area (Å²) in [5, 5.41) is 0. The molecular formula is C46H53N3O3. The summed E-state index contributed by atoms with van der Waals surface area (Å²) >= 11 is 0. The molecule has 0 bridgehead atoms. The first kappa shape index (κ1) is 38.0. The fourth-order valence-electron chi connectivity index (χ4n) is 6.35. The molecule has 1 aliphatic rings. The molecule has 1 saturated heterocycles. The molecule has 0 N–H and O–H groups in total. The smallest absolute Gasteiger partial charge is 0.405 e. The lowest BCUT2D eigenvalue weighted by atomic mass is 10.0. The Morgan fingerprint density at radius 2 is 1.23 bits per heavy atom. The number of hydrogen-bond acceptors (Lipinski definition) is 5. The van der Waals surface area contributed by atoms with Crippen LogP contribution >= 0.6 is 0 Å². The number of carbonyl (C=O) groups excluding carboxylic acids is 1. The Labute approximate surface area is 309 Å². The second-order valence-electron chi connectivity index (χ2n) is 13.0. The van der Waals surface area contributed by atoms with Crippen LogP contribution in [0.15, 0.2) is 155 Å². The van der Waals surface area contributed by atoms with Crippen LogP contribution in [-0.4, -0.2) is 41.6 Å². The van der Waals surface area contributed by atoms with Crippen molar-refractivity contribution in [1.29, 1.82) is 0 Å². The summed E-state index contributed by atoms with van der Waals surface area (Å²) in [4.78, 5) is 30.8. The third-order valence-electron chi connectivity index (χ3n) is 9.11. The molecule has 1 aliphatic heterocycles. The molecule has 52 heavy (non-hydrogen) atoms. The van der Waals surface area contributed by atoms with E-state index in [-0.39, 0.29) is 12.3 Å². The molecule has 2 heterocycles. The zero-order valence-electron chi connectivity index (χ0n) is 30.6. The van der Waals surface area contributed by atoms with Gasteiger partial charge in [0.25, 0.3) is 0 Å². The van der Waals surface area contributed by atoms with Crippen molar-refractivity contribution in [3.63, 3.8) is 0 Å². The zero-order chi connectivity index (χ0) is 36.2. The Morgan fingerprint density at radius 1 is 0.654 bits per heavy atom. The van der Waals surface area contributed by atoms with Gasteiger partial charge in [0.1, 0.15) is 5.52 Å². The van der Waals surface area contributed by atoms with E-state index < -0.39 is 5.76 Å². The van der Waals surface area contributed by atoms with Gasteiger partial charge >= 0.3 is 5.76 Å². The van der Waals surface area contributed by atoms with E-state index >= 15 is 0 Å². The molecule has 1 aromatic heterocycles. The molecular weight excluding hydrogens is 643 g/mol. The number of piperazine rings is 1. The number of anilines is 1.